The molecule has 1 unspecified atom stereocenters. The molecule has 4 rings (SSSR count). The number of allylic oxidation sites excluding steroid dienone is 1. The number of methoxy groups -OCH3 is 1. The maximum Gasteiger partial charge on any atom is 0.277 e. The summed E-state index contributed by atoms with van der Waals surface area (Å²) in [6.07, 6.45) is 0.290. The van der Waals surface area contributed by atoms with Crippen LogP contribution in [0.4, 0.5) is 14.5 Å². The highest BCUT2D eigenvalue weighted by Crippen LogP contribution is 2.37. The lowest BCUT2D eigenvalue weighted by Gasteiger charge is -2.38. The summed E-state index contributed by atoms with van der Waals surface area (Å²) in [5.41, 5.74) is -0.537. The molecule has 0 radical (unpaired) electrons. The van der Waals surface area contributed by atoms with Gasteiger partial charge in [0, 0.05) is 47.1 Å². The molecule has 0 saturated carbocycles. The fourth-order valence-electron chi connectivity index (χ4n) is 3.84. The molecule has 7 nitrogen and oxygen atoms in total. The fourth-order valence-corrected chi connectivity index (χ4v) is 3.84. The third-order valence-electron chi connectivity index (χ3n) is 5.61. The van der Waals surface area contributed by atoms with Gasteiger partial charge >= 0.3 is 0 Å². The lowest BCUT2D eigenvalue weighted by Crippen LogP contribution is -2.61. The van der Waals surface area contributed by atoms with Crippen LogP contribution in [0.5, 0.6) is 5.75 Å². The highest BCUT2D eigenvalue weighted by Gasteiger charge is 2.50. The van der Waals surface area contributed by atoms with E-state index in [1.54, 1.807) is 12.1 Å². The predicted octanol–water partition coefficient (Wildman–Crippen LogP) is 2.65. The molecule has 0 aromatic heterocycles. The summed E-state index contributed by atoms with van der Waals surface area (Å²) in [6, 6.07) is 6.65. The van der Waals surface area contributed by atoms with E-state index in [4.69, 9.17) is 4.74 Å². The minimum Gasteiger partial charge on any atom is -0.497 e. The molecule has 1 saturated heterocycles. The van der Waals surface area contributed by atoms with Gasteiger partial charge in [0.05, 0.1) is 13.7 Å². The van der Waals surface area contributed by atoms with Crippen LogP contribution >= 0.6 is 0 Å². The highest BCUT2D eigenvalue weighted by molar-refractivity contribution is 6.03. The largest absolute Gasteiger partial charge is 0.497 e. The van der Waals surface area contributed by atoms with Crippen LogP contribution in [0.15, 0.2) is 42.6 Å². The lowest BCUT2D eigenvalue weighted by atomic mass is 9.98. The van der Waals surface area contributed by atoms with Crippen molar-refractivity contribution >= 4 is 17.5 Å². The van der Waals surface area contributed by atoms with Crippen LogP contribution in [0.2, 0.25) is 0 Å². The molecule has 2 aromatic rings. The number of ether oxygens (including phenoxy) is 1. The van der Waals surface area contributed by atoms with E-state index in [2.05, 4.69) is 17.2 Å². The van der Waals surface area contributed by atoms with Crippen molar-refractivity contribution in [1.29, 1.82) is 0 Å². The normalized spacial score (nSPS) is 20.5. The standard InChI is InChI=1S/C22H21F2N3O4/c1-12-5-6-22(30,21(29)26-12)27-11-17-16(20(27)28)7-14(23)8-19(17)25-10-13-3-4-15(31-2)9-18(13)24/h3-4,7-9,25,30H,1,5-6,10-11H2,2H3,(H,26,29). The lowest BCUT2D eigenvalue weighted by molar-refractivity contribution is -0.161. The van der Waals surface area contributed by atoms with Gasteiger partial charge in [-0.1, -0.05) is 12.6 Å². The number of rotatable bonds is 5. The second-order valence-corrected chi connectivity index (χ2v) is 7.56. The molecule has 0 aliphatic carbocycles. The Kier molecular flexibility index (Phi) is 5.14. The molecule has 1 fully saturated rings. The van der Waals surface area contributed by atoms with Crippen molar-refractivity contribution in [2.24, 2.45) is 0 Å². The maximum absolute atomic E-state index is 14.2. The van der Waals surface area contributed by atoms with Crippen molar-refractivity contribution in [3.63, 3.8) is 0 Å². The minimum absolute atomic E-state index is 0.0142. The number of carbonyl (C=O) groups excluding carboxylic acids is 2. The number of aliphatic hydroxyl groups is 1. The Morgan fingerprint density at radius 3 is 2.74 bits per heavy atom. The number of hydrogen-bond donors (Lipinski definition) is 3. The zero-order valence-electron chi connectivity index (χ0n) is 16.8. The van der Waals surface area contributed by atoms with Gasteiger partial charge < -0.3 is 20.5 Å². The van der Waals surface area contributed by atoms with Crippen LogP contribution in [0.25, 0.3) is 0 Å². The number of hydrogen-bond acceptors (Lipinski definition) is 5. The molecular weight excluding hydrogens is 408 g/mol. The Hall–Kier alpha value is -3.46. The molecule has 2 heterocycles. The Morgan fingerprint density at radius 1 is 1.29 bits per heavy atom. The second kappa shape index (κ2) is 7.66. The van der Waals surface area contributed by atoms with E-state index >= 15 is 0 Å². The fraction of sp³-hybridized carbons (Fsp3) is 0.273. The third kappa shape index (κ3) is 3.61. The molecule has 2 aromatic carbocycles. The van der Waals surface area contributed by atoms with Crippen molar-refractivity contribution < 1.29 is 28.2 Å². The molecule has 31 heavy (non-hydrogen) atoms. The van der Waals surface area contributed by atoms with Gasteiger partial charge in [0.2, 0.25) is 5.72 Å². The van der Waals surface area contributed by atoms with Crippen LogP contribution in [0.3, 0.4) is 0 Å². The number of nitrogens with zero attached hydrogens (tertiary/aromatic N) is 1. The van der Waals surface area contributed by atoms with Crippen LogP contribution in [0.1, 0.15) is 34.3 Å². The van der Waals surface area contributed by atoms with Crippen molar-refractivity contribution in [2.75, 3.05) is 12.4 Å². The summed E-state index contributed by atoms with van der Waals surface area (Å²) in [5.74, 6) is -2.19. The van der Waals surface area contributed by atoms with E-state index in [-0.39, 0.29) is 30.8 Å². The summed E-state index contributed by atoms with van der Waals surface area (Å²) in [4.78, 5) is 26.4. The molecule has 2 aliphatic heterocycles. The van der Waals surface area contributed by atoms with E-state index in [9.17, 15) is 23.5 Å². The van der Waals surface area contributed by atoms with Crippen molar-refractivity contribution in [1.82, 2.24) is 10.2 Å². The zero-order valence-corrected chi connectivity index (χ0v) is 16.8. The number of anilines is 1. The molecule has 1 atom stereocenters. The topological polar surface area (TPSA) is 90.9 Å². The number of amides is 2. The van der Waals surface area contributed by atoms with Gasteiger partial charge in [0.15, 0.2) is 0 Å². The number of nitrogens with one attached hydrogen (secondary N) is 2. The monoisotopic (exact) mass is 429 g/mol. The average Bonchev–Trinajstić information content (AvgIpc) is 3.07. The Morgan fingerprint density at radius 2 is 2.06 bits per heavy atom. The van der Waals surface area contributed by atoms with Gasteiger partial charge in [-0.2, -0.15) is 0 Å². The Bertz CT molecular complexity index is 1100. The summed E-state index contributed by atoms with van der Waals surface area (Å²) >= 11 is 0. The molecule has 2 amide bonds. The number of halogens is 2. The first kappa shape index (κ1) is 20.8. The second-order valence-electron chi connectivity index (χ2n) is 7.56. The van der Waals surface area contributed by atoms with Gasteiger partial charge in [-0.25, -0.2) is 8.78 Å². The van der Waals surface area contributed by atoms with Crippen LogP contribution in [0, 0.1) is 11.6 Å². The summed E-state index contributed by atoms with van der Waals surface area (Å²) in [5, 5.41) is 16.4. The third-order valence-corrected chi connectivity index (χ3v) is 5.61. The summed E-state index contributed by atoms with van der Waals surface area (Å²) in [7, 11) is 1.43. The number of fused-ring (bicyclic) bond motifs is 1. The molecule has 0 bridgehead atoms. The van der Waals surface area contributed by atoms with Crippen molar-refractivity contribution in [2.45, 2.75) is 31.7 Å². The minimum atomic E-state index is -2.06. The van der Waals surface area contributed by atoms with Gasteiger partial charge in [-0.15, -0.1) is 0 Å². The summed E-state index contributed by atoms with van der Waals surface area (Å²) in [6.45, 7) is 3.60. The smallest absolute Gasteiger partial charge is 0.277 e. The predicted molar refractivity (Wildman–Crippen MR) is 108 cm³/mol. The molecule has 2 aliphatic rings. The molecule has 3 N–H and O–H groups in total. The zero-order chi connectivity index (χ0) is 22.3. The van der Waals surface area contributed by atoms with Crippen LogP contribution in [-0.4, -0.2) is 34.7 Å². The SMILES string of the molecule is C=C1CCC(O)(N2Cc3c(NCc4ccc(OC)cc4F)cc(F)cc3C2=O)C(=O)N1. The molecule has 9 heteroatoms. The van der Waals surface area contributed by atoms with Crippen LogP contribution < -0.4 is 15.4 Å². The number of benzene rings is 2. The van der Waals surface area contributed by atoms with Crippen LogP contribution in [-0.2, 0) is 17.9 Å². The first-order valence-corrected chi connectivity index (χ1v) is 9.65. The van der Waals surface area contributed by atoms with Gasteiger partial charge in [-0.05, 0) is 24.6 Å². The maximum atomic E-state index is 14.2. The van der Waals surface area contributed by atoms with E-state index in [1.807, 2.05) is 0 Å². The van der Waals surface area contributed by atoms with Crippen molar-refractivity contribution in [3.8, 4) is 5.75 Å². The first-order valence-electron chi connectivity index (χ1n) is 9.65. The Labute approximate surface area is 177 Å². The van der Waals surface area contributed by atoms with E-state index in [0.717, 1.165) is 11.0 Å². The quantitative estimate of drug-likeness (QED) is 0.680. The molecular formula is C22H21F2N3O4. The number of carbonyl (C=O) groups is 2. The van der Waals surface area contributed by atoms with Gasteiger partial charge in [0.1, 0.15) is 17.4 Å². The Balaban J connectivity index is 1.61. The summed E-state index contributed by atoms with van der Waals surface area (Å²) < 4.78 is 33.5. The first-order chi connectivity index (χ1) is 14.7. The van der Waals surface area contributed by atoms with E-state index in [1.165, 1.54) is 19.2 Å². The number of piperidine rings is 1. The molecule has 0 spiro atoms. The molecule has 162 valence electrons. The van der Waals surface area contributed by atoms with E-state index in [0.29, 0.717) is 29.0 Å². The van der Waals surface area contributed by atoms with Gasteiger partial charge in [-0.3, -0.25) is 14.5 Å². The average molecular weight is 429 g/mol. The highest BCUT2D eigenvalue weighted by atomic mass is 19.1. The van der Waals surface area contributed by atoms with Gasteiger partial charge in [0.25, 0.3) is 11.8 Å². The van der Waals surface area contributed by atoms with E-state index < -0.39 is 29.2 Å². The van der Waals surface area contributed by atoms with Crippen molar-refractivity contribution in [3.05, 3.63) is 70.9 Å².